The molecule has 6 nitrogen and oxygen atoms in total. The molecule has 0 aliphatic carbocycles. The molecule has 0 amide bonds. The van der Waals surface area contributed by atoms with Crippen molar-refractivity contribution in [3.05, 3.63) is 54.0 Å². The highest BCUT2D eigenvalue weighted by atomic mass is 19.4. The van der Waals surface area contributed by atoms with E-state index in [4.69, 9.17) is 4.74 Å². The second-order valence-electron chi connectivity index (χ2n) is 6.34. The van der Waals surface area contributed by atoms with Gasteiger partial charge in [0.15, 0.2) is 5.69 Å². The molecular formula is C17H16F3N5O. The topological polar surface area (TPSA) is 55.6 Å². The van der Waals surface area contributed by atoms with E-state index in [0.717, 1.165) is 11.6 Å². The Labute approximate surface area is 147 Å². The first-order valence-electron chi connectivity index (χ1n) is 8.09. The number of alkyl halides is 3. The molecule has 2 aromatic heterocycles. The Hall–Kier alpha value is -2.68. The van der Waals surface area contributed by atoms with Crippen molar-refractivity contribution in [2.75, 3.05) is 24.6 Å². The number of morpholine rings is 1. The van der Waals surface area contributed by atoms with Crippen LogP contribution in [0.25, 0.3) is 5.78 Å². The van der Waals surface area contributed by atoms with Crippen molar-refractivity contribution in [3.8, 4) is 0 Å². The largest absolute Gasteiger partial charge is 0.433 e. The summed E-state index contributed by atoms with van der Waals surface area (Å²) in [7, 11) is 0. The third-order valence-electron chi connectivity index (χ3n) is 4.51. The van der Waals surface area contributed by atoms with Crippen LogP contribution in [0.15, 0.2) is 42.7 Å². The molecule has 4 rings (SSSR count). The van der Waals surface area contributed by atoms with Crippen LogP contribution in [0, 0.1) is 0 Å². The van der Waals surface area contributed by atoms with Crippen molar-refractivity contribution in [2.45, 2.75) is 18.7 Å². The fourth-order valence-electron chi connectivity index (χ4n) is 3.20. The van der Waals surface area contributed by atoms with Gasteiger partial charge in [0.05, 0.1) is 13.2 Å². The van der Waals surface area contributed by atoms with Gasteiger partial charge >= 0.3 is 6.18 Å². The van der Waals surface area contributed by atoms with Gasteiger partial charge < -0.3 is 9.64 Å². The van der Waals surface area contributed by atoms with Gasteiger partial charge in [-0.15, -0.1) is 0 Å². The van der Waals surface area contributed by atoms with Crippen molar-refractivity contribution < 1.29 is 17.9 Å². The highest BCUT2D eigenvalue weighted by molar-refractivity contribution is 5.49. The lowest BCUT2D eigenvalue weighted by Crippen LogP contribution is -2.49. The number of hydrogen-bond donors (Lipinski definition) is 0. The molecule has 0 N–H and O–H groups in total. The second kappa shape index (κ2) is 5.94. The molecule has 3 heterocycles. The summed E-state index contributed by atoms with van der Waals surface area (Å²) in [4.78, 5) is 9.22. The SMILES string of the molecule is CC1(c2ccccc2)CN(c2cc(C(F)(F)F)nc3ncnn23)CCO1. The normalized spacial score (nSPS) is 21.3. The van der Waals surface area contributed by atoms with Gasteiger partial charge in [-0.05, 0) is 12.5 Å². The van der Waals surface area contributed by atoms with E-state index in [-0.39, 0.29) is 5.78 Å². The summed E-state index contributed by atoms with van der Waals surface area (Å²) in [5.74, 6) is 0.216. The van der Waals surface area contributed by atoms with Crippen molar-refractivity contribution in [2.24, 2.45) is 0 Å². The molecule has 136 valence electrons. The summed E-state index contributed by atoms with van der Waals surface area (Å²) in [6, 6.07) is 10.6. The van der Waals surface area contributed by atoms with Crippen LogP contribution in [0.4, 0.5) is 19.0 Å². The van der Waals surface area contributed by atoms with E-state index < -0.39 is 17.5 Å². The minimum absolute atomic E-state index is 0.0808. The van der Waals surface area contributed by atoms with Gasteiger partial charge in [-0.2, -0.15) is 27.8 Å². The van der Waals surface area contributed by atoms with Crippen LogP contribution in [-0.2, 0) is 16.5 Å². The Morgan fingerprint density at radius 2 is 1.96 bits per heavy atom. The molecule has 1 aliphatic heterocycles. The number of ether oxygens (including phenoxy) is 1. The molecule has 9 heteroatoms. The highest BCUT2D eigenvalue weighted by Crippen LogP contribution is 2.34. The standard InChI is InChI=1S/C17H16F3N5O/c1-16(12-5-3-2-4-6-12)10-24(7-8-26-16)14-9-13(17(18,19)20)23-15-21-11-22-25(14)15/h2-6,9,11H,7-8,10H2,1H3. The van der Waals surface area contributed by atoms with Crippen LogP contribution in [0.5, 0.6) is 0 Å². The zero-order valence-electron chi connectivity index (χ0n) is 13.9. The first kappa shape index (κ1) is 16.8. The number of halogens is 3. The van der Waals surface area contributed by atoms with Crippen LogP contribution >= 0.6 is 0 Å². The molecule has 1 unspecified atom stereocenters. The van der Waals surface area contributed by atoms with Crippen molar-refractivity contribution in [3.63, 3.8) is 0 Å². The van der Waals surface area contributed by atoms with Crippen LogP contribution in [-0.4, -0.2) is 39.3 Å². The summed E-state index contributed by atoms with van der Waals surface area (Å²) in [5.41, 5.74) is -0.667. The predicted molar refractivity (Wildman–Crippen MR) is 87.7 cm³/mol. The van der Waals surface area contributed by atoms with E-state index >= 15 is 0 Å². The molecule has 1 saturated heterocycles. The van der Waals surface area contributed by atoms with Gasteiger partial charge in [-0.3, -0.25) is 0 Å². The second-order valence-corrected chi connectivity index (χ2v) is 6.34. The van der Waals surface area contributed by atoms with Crippen molar-refractivity contribution in [1.82, 2.24) is 19.6 Å². The zero-order valence-corrected chi connectivity index (χ0v) is 13.9. The number of fused-ring (bicyclic) bond motifs is 1. The molecule has 0 saturated carbocycles. The van der Waals surface area contributed by atoms with Gasteiger partial charge in [0.25, 0.3) is 5.78 Å². The maximum atomic E-state index is 13.2. The van der Waals surface area contributed by atoms with Gasteiger partial charge in [0, 0.05) is 12.6 Å². The number of anilines is 1. The summed E-state index contributed by atoms with van der Waals surface area (Å²) in [5, 5.41) is 4.03. The number of aromatic nitrogens is 4. The number of benzene rings is 1. The Morgan fingerprint density at radius 3 is 2.69 bits per heavy atom. The number of hydrogen-bond acceptors (Lipinski definition) is 5. The quantitative estimate of drug-likeness (QED) is 0.701. The summed E-state index contributed by atoms with van der Waals surface area (Å²) in [6.45, 7) is 3.14. The third kappa shape index (κ3) is 2.88. The fraction of sp³-hybridized carbons (Fsp3) is 0.353. The molecule has 1 aliphatic rings. The van der Waals surface area contributed by atoms with E-state index in [0.29, 0.717) is 25.5 Å². The maximum Gasteiger partial charge on any atom is 0.433 e. The lowest BCUT2D eigenvalue weighted by atomic mass is 9.94. The number of rotatable bonds is 2. The van der Waals surface area contributed by atoms with Gasteiger partial charge in [-0.1, -0.05) is 30.3 Å². The minimum atomic E-state index is -4.56. The molecule has 0 bridgehead atoms. The van der Waals surface area contributed by atoms with E-state index in [2.05, 4.69) is 15.1 Å². The Balaban J connectivity index is 1.76. The van der Waals surface area contributed by atoms with Crippen LogP contribution in [0.3, 0.4) is 0 Å². The van der Waals surface area contributed by atoms with E-state index in [9.17, 15) is 13.2 Å². The molecule has 0 spiro atoms. The maximum absolute atomic E-state index is 13.2. The summed E-state index contributed by atoms with van der Waals surface area (Å²) < 4.78 is 47.0. The fourth-order valence-corrected chi connectivity index (χ4v) is 3.20. The third-order valence-corrected chi connectivity index (χ3v) is 4.51. The van der Waals surface area contributed by atoms with Crippen LogP contribution < -0.4 is 4.90 Å². The van der Waals surface area contributed by atoms with Gasteiger partial charge in [-0.25, -0.2) is 4.98 Å². The monoisotopic (exact) mass is 363 g/mol. The van der Waals surface area contributed by atoms with E-state index in [1.165, 1.54) is 10.8 Å². The molecule has 26 heavy (non-hydrogen) atoms. The molecule has 1 fully saturated rings. The molecule has 3 aromatic rings. The van der Waals surface area contributed by atoms with Crippen LogP contribution in [0.2, 0.25) is 0 Å². The minimum Gasteiger partial charge on any atom is -0.367 e. The molecule has 0 radical (unpaired) electrons. The van der Waals surface area contributed by atoms with E-state index in [1.807, 2.05) is 42.2 Å². The number of nitrogens with zero attached hydrogens (tertiary/aromatic N) is 5. The van der Waals surface area contributed by atoms with E-state index in [1.54, 1.807) is 0 Å². The Bertz CT molecular complexity index is 927. The molecule has 1 atom stereocenters. The predicted octanol–water partition coefficient (Wildman–Crippen LogP) is 2.90. The lowest BCUT2D eigenvalue weighted by Gasteiger charge is -2.41. The highest BCUT2D eigenvalue weighted by Gasteiger charge is 2.38. The Kier molecular flexibility index (Phi) is 3.83. The average molecular weight is 363 g/mol. The van der Waals surface area contributed by atoms with Crippen molar-refractivity contribution >= 4 is 11.6 Å². The van der Waals surface area contributed by atoms with Gasteiger partial charge in [0.1, 0.15) is 17.7 Å². The Morgan fingerprint density at radius 1 is 1.19 bits per heavy atom. The summed E-state index contributed by atoms with van der Waals surface area (Å²) in [6.07, 6.45) is -3.36. The molecule has 1 aromatic carbocycles. The first-order chi connectivity index (χ1) is 12.4. The van der Waals surface area contributed by atoms with Crippen molar-refractivity contribution in [1.29, 1.82) is 0 Å². The van der Waals surface area contributed by atoms with Gasteiger partial charge in [0.2, 0.25) is 0 Å². The zero-order chi connectivity index (χ0) is 18.4. The summed E-state index contributed by atoms with van der Waals surface area (Å²) >= 11 is 0. The first-order valence-corrected chi connectivity index (χ1v) is 8.09. The van der Waals surface area contributed by atoms with Crippen LogP contribution in [0.1, 0.15) is 18.2 Å². The smallest absolute Gasteiger partial charge is 0.367 e. The molecular weight excluding hydrogens is 347 g/mol. The average Bonchev–Trinajstić information content (AvgIpc) is 3.09. The lowest BCUT2D eigenvalue weighted by molar-refractivity contribution is -0.141.